The van der Waals surface area contributed by atoms with Crippen LogP contribution in [0.5, 0.6) is 0 Å². The molecule has 2 aliphatic rings. The molecule has 0 aromatic carbocycles. The van der Waals surface area contributed by atoms with Gasteiger partial charge in [-0.3, -0.25) is 0 Å². The molecule has 1 aromatic heterocycles. The van der Waals surface area contributed by atoms with Gasteiger partial charge in [-0.15, -0.1) is 0 Å². The smallest absolute Gasteiger partial charge is 0.136 e. The van der Waals surface area contributed by atoms with E-state index in [1.165, 1.54) is 12.8 Å². The van der Waals surface area contributed by atoms with E-state index in [1.807, 2.05) is 6.92 Å². The third kappa shape index (κ3) is 2.73. The number of hydrogen-bond acceptors (Lipinski definition) is 5. The van der Waals surface area contributed by atoms with Gasteiger partial charge in [0.05, 0.1) is 0 Å². The maximum Gasteiger partial charge on any atom is 0.136 e. The highest BCUT2D eigenvalue weighted by Gasteiger charge is 2.29. The molecule has 2 unspecified atom stereocenters. The predicted molar refractivity (Wildman–Crippen MR) is 81.9 cm³/mol. The van der Waals surface area contributed by atoms with Crippen LogP contribution >= 0.6 is 0 Å². The highest BCUT2D eigenvalue weighted by molar-refractivity contribution is 5.55. The first kappa shape index (κ1) is 13.6. The molecule has 0 radical (unpaired) electrons. The lowest BCUT2D eigenvalue weighted by Crippen LogP contribution is -2.42. The van der Waals surface area contributed by atoms with Crippen molar-refractivity contribution in [2.75, 3.05) is 24.6 Å². The summed E-state index contributed by atoms with van der Waals surface area (Å²) in [6.07, 6.45) is 4.71. The monoisotopic (exact) mass is 275 g/mol. The van der Waals surface area contributed by atoms with Crippen molar-refractivity contribution in [1.82, 2.24) is 14.9 Å². The first-order valence-corrected chi connectivity index (χ1v) is 7.65. The Hall–Kier alpha value is -1.36. The van der Waals surface area contributed by atoms with Crippen LogP contribution in [-0.2, 0) is 0 Å². The molecule has 5 nitrogen and oxygen atoms in total. The molecule has 3 rings (SSSR count). The van der Waals surface area contributed by atoms with Crippen molar-refractivity contribution in [3.05, 3.63) is 11.4 Å². The lowest BCUT2D eigenvalue weighted by atomic mass is 9.99. The summed E-state index contributed by atoms with van der Waals surface area (Å²) >= 11 is 0. The third-order valence-electron chi connectivity index (χ3n) is 4.69. The molecule has 20 heavy (non-hydrogen) atoms. The molecule has 110 valence electrons. The molecule has 1 saturated heterocycles. The predicted octanol–water partition coefficient (Wildman–Crippen LogP) is 2.14. The van der Waals surface area contributed by atoms with E-state index in [-0.39, 0.29) is 0 Å². The minimum Gasteiger partial charge on any atom is -0.383 e. The van der Waals surface area contributed by atoms with Crippen molar-refractivity contribution in [2.45, 2.75) is 57.5 Å². The number of anilines is 2. The zero-order valence-electron chi connectivity index (χ0n) is 12.7. The number of aromatic nitrogens is 2. The Morgan fingerprint density at radius 1 is 1.25 bits per heavy atom. The van der Waals surface area contributed by atoms with E-state index in [0.717, 1.165) is 36.6 Å². The van der Waals surface area contributed by atoms with Crippen LogP contribution in [0.25, 0.3) is 0 Å². The second kappa shape index (κ2) is 5.20. The Balaban J connectivity index is 1.76. The highest BCUT2D eigenvalue weighted by atomic mass is 15.2. The maximum atomic E-state index is 6.04. The largest absolute Gasteiger partial charge is 0.383 e. The summed E-state index contributed by atoms with van der Waals surface area (Å²) in [6, 6.07) is 1.10. The molecule has 1 aliphatic heterocycles. The average Bonchev–Trinajstić information content (AvgIpc) is 3.23. The van der Waals surface area contributed by atoms with Gasteiger partial charge < -0.3 is 16.0 Å². The number of piperidine rings is 1. The fraction of sp³-hybridized carbons (Fsp3) is 0.733. The van der Waals surface area contributed by atoms with Gasteiger partial charge in [0, 0.05) is 30.1 Å². The minimum absolute atomic E-state index is 0.487. The first-order valence-electron chi connectivity index (χ1n) is 7.65. The van der Waals surface area contributed by atoms with Crippen molar-refractivity contribution in [3.8, 4) is 0 Å². The van der Waals surface area contributed by atoms with Crippen molar-refractivity contribution in [1.29, 1.82) is 0 Å². The lowest BCUT2D eigenvalue weighted by molar-refractivity contribution is 0.190. The summed E-state index contributed by atoms with van der Waals surface area (Å²) in [5.41, 5.74) is 7.03. The van der Waals surface area contributed by atoms with Crippen molar-refractivity contribution < 1.29 is 0 Å². The van der Waals surface area contributed by atoms with E-state index in [4.69, 9.17) is 10.7 Å². The standard InChI is InChI=1S/C15H25N5/c1-9-8-12(6-7-20(9)3)17-14-10(2)13(16)18-15(19-14)11-4-5-11/h9,11-12H,4-8H2,1-3H3,(H3,16,17,18,19). The lowest BCUT2D eigenvalue weighted by Gasteiger charge is -2.35. The van der Waals surface area contributed by atoms with Crippen LogP contribution in [0.4, 0.5) is 11.6 Å². The summed E-state index contributed by atoms with van der Waals surface area (Å²) in [6.45, 7) is 5.42. The first-order chi connectivity index (χ1) is 9.54. The van der Waals surface area contributed by atoms with E-state index in [0.29, 0.717) is 23.8 Å². The van der Waals surface area contributed by atoms with Crippen LogP contribution in [0, 0.1) is 6.92 Å². The molecule has 5 heteroatoms. The van der Waals surface area contributed by atoms with E-state index in [9.17, 15) is 0 Å². The molecular formula is C15H25N5. The normalized spacial score (nSPS) is 27.6. The van der Waals surface area contributed by atoms with Gasteiger partial charge in [-0.1, -0.05) is 0 Å². The Labute approximate surface area is 121 Å². The molecule has 2 atom stereocenters. The topological polar surface area (TPSA) is 67.1 Å². The molecule has 1 aliphatic carbocycles. The van der Waals surface area contributed by atoms with Crippen LogP contribution in [0.1, 0.15) is 49.9 Å². The molecule has 0 amide bonds. The number of hydrogen-bond donors (Lipinski definition) is 2. The number of nitrogens with one attached hydrogen (secondary N) is 1. The van der Waals surface area contributed by atoms with Gasteiger partial charge in [0.25, 0.3) is 0 Å². The number of nitrogens with zero attached hydrogens (tertiary/aromatic N) is 3. The molecule has 1 aromatic rings. The maximum absolute atomic E-state index is 6.04. The Kier molecular flexibility index (Phi) is 3.54. The SMILES string of the molecule is Cc1c(N)nc(C2CC2)nc1NC1CCN(C)C(C)C1. The average molecular weight is 275 g/mol. The van der Waals surface area contributed by atoms with Gasteiger partial charge in [0.1, 0.15) is 17.5 Å². The van der Waals surface area contributed by atoms with Crippen molar-refractivity contribution in [2.24, 2.45) is 0 Å². The van der Waals surface area contributed by atoms with E-state index >= 15 is 0 Å². The number of rotatable bonds is 3. The molecule has 0 spiro atoms. The van der Waals surface area contributed by atoms with E-state index in [2.05, 4.69) is 29.2 Å². The second-order valence-electron chi connectivity index (χ2n) is 6.41. The summed E-state index contributed by atoms with van der Waals surface area (Å²) in [4.78, 5) is 11.6. The summed E-state index contributed by atoms with van der Waals surface area (Å²) < 4.78 is 0. The molecule has 2 heterocycles. The zero-order chi connectivity index (χ0) is 14.3. The molecule has 1 saturated carbocycles. The highest BCUT2D eigenvalue weighted by Crippen LogP contribution is 2.39. The Morgan fingerprint density at radius 3 is 2.65 bits per heavy atom. The van der Waals surface area contributed by atoms with Crippen LogP contribution < -0.4 is 11.1 Å². The van der Waals surface area contributed by atoms with Crippen LogP contribution in [-0.4, -0.2) is 40.5 Å². The van der Waals surface area contributed by atoms with Gasteiger partial charge in [-0.25, -0.2) is 9.97 Å². The second-order valence-corrected chi connectivity index (χ2v) is 6.41. The van der Waals surface area contributed by atoms with Gasteiger partial charge >= 0.3 is 0 Å². The molecular weight excluding hydrogens is 250 g/mol. The van der Waals surface area contributed by atoms with Gasteiger partial charge in [-0.2, -0.15) is 0 Å². The molecule has 2 fully saturated rings. The zero-order valence-corrected chi connectivity index (χ0v) is 12.7. The van der Waals surface area contributed by atoms with Gasteiger partial charge in [-0.05, 0) is 46.6 Å². The number of nitrogens with two attached hydrogens (primary N) is 1. The number of nitrogen functional groups attached to an aromatic ring is 1. The molecule has 3 N–H and O–H groups in total. The van der Waals surface area contributed by atoms with Crippen molar-refractivity contribution in [3.63, 3.8) is 0 Å². The summed E-state index contributed by atoms with van der Waals surface area (Å²) in [5, 5.41) is 3.61. The van der Waals surface area contributed by atoms with Crippen LogP contribution in [0.3, 0.4) is 0 Å². The Morgan fingerprint density at radius 2 is 2.00 bits per heavy atom. The molecule has 0 bridgehead atoms. The third-order valence-corrected chi connectivity index (χ3v) is 4.69. The number of likely N-dealkylation sites (tertiary alicyclic amines) is 1. The fourth-order valence-electron chi connectivity index (χ4n) is 2.83. The van der Waals surface area contributed by atoms with Gasteiger partial charge in [0.15, 0.2) is 0 Å². The summed E-state index contributed by atoms with van der Waals surface area (Å²) in [7, 11) is 2.19. The Bertz CT molecular complexity index is 497. The summed E-state index contributed by atoms with van der Waals surface area (Å²) in [5.74, 6) is 3.04. The van der Waals surface area contributed by atoms with E-state index in [1.54, 1.807) is 0 Å². The van der Waals surface area contributed by atoms with Gasteiger partial charge in [0.2, 0.25) is 0 Å². The van der Waals surface area contributed by atoms with Crippen molar-refractivity contribution >= 4 is 11.6 Å². The van der Waals surface area contributed by atoms with Crippen LogP contribution in [0.2, 0.25) is 0 Å². The van der Waals surface area contributed by atoms with Crippen LogP contribution in [0.15, 0.2) is 0 Å². The minimum atomic E-state index is 0.487. The quantitative estimate of drug-likeness (QED) is 0.884. The van der Waals surface area contributed by atoms with E-state index < -0.39 is 0 Å². The fourth-order valence-corrected chi connectivity index (χ4v) is 2.83.